The molecule has 1 aliphatic carbocycles. The van der Waals surface area contributed by atoms with Crippen LogP contribution in [0.15, 0.2) is 12.4 Å². The highest BCUT2D eigenvalue weighted by Crippen LogP contribution is 2.24. The third kappa shape index (κ3) is 2.28. The van der Waals surface area contributed by atoms with Crippen molar-refractivity contribution in [1.82, 2.24) is 9.55 Å². The lowest BCUT2D eigenvalue weighted by Gasteiger charge is -2.12. The highest BCUT2D eigenvalue weighted by Gasteiger charge is 2.22. The molecule has 0 spiro atoms. The van der Waals surface area contributed by atoms with E-state index in [2.05, 4.69) is 34.9 Å². The van der Waals surface area contributed by atoms with Crippen molar-refractivity contribution in [3.63, 3.8) is 0 Å². The fourth-order valence-corrected chi connectivity index (χ4v) is 1.47. The molecular weight excluding hydrogens is 174 g/mol. The van der Waals surface area contributed by atoms with E-state index in [1.165, 1.54) is 19.3 Å². The van der Waals surface area contributed by atoms with Gasteiger partial charge in [-0.05, 0) is 18.8 Å². The molecule has 0 radical (unpaired) electrons. The second kappa shape index (κ2) is 4.03. The van der Waals surface area contributed by atoms with E-state index in [4.69, 9.17) is 0 Å². The van der Waals surface area contributed by atoms with Crippen molar-refractivity contribution in [2.45, 2.75) is 45.7 Å². The van der Waals surface area contributed by atoms with Gasteiger partial charge in [0.1, 0.15) is 0 Å². The molecule has 1 fully saturated rings. The van der Waals surface area contributed by atoms with E-state index in [-0.39, 0.29) is 0 Å². The lowest BCUT2D eigenvalue weighted by molar-refractivity contribution is 0.471. The Labute approximate surface area is 85.5 Å². The fraction of sp³-hybridized carbons (Fsp3) is 0.727. The van der Waals surface area contributed by atoms with Crippen molar-refractivity contribution >= 4 is 5.95 Å². The Morgan fingerprint density at radius 3 is 3.07 bits per heavy atom. The lowest BCUT2D eigenvalue weighted by Crippen LogP contribution is -2.12. The molecule has 0 bridgehead atoms. The Balaban J connectivity index is 1.97. The molecule has 1 N–H and O–H groups in total. The minimum atomic E-state index is 0.688. The van der Waals surface area contributed by atoms with E-state index < -0.39 is 0 Å². The second-order valence-electron chi connectivity index (χ2n) is 4.34. The molecule has 0 amide bonds. The van der Waals surface area contributed by atoms with E-state index in [0.29, 0.717) is 6.04 Å². The molecule has 0 aromatic carbocycles. The van der Waals surface area contributed by atoms with Gasteiger partial charge in [0, 0.05) is 25.0 Å². The van der Waals surface area contributed by atoms with Crippen LogP contribution in [0.2, 0.25) is 0 Å². The van der Waals surface area contributed by atoms with E-state index in [0.717, 1.165) is 18.4 Å². The molecule has 2 rings (SSSR count). The van der Waals surface area contributed by atoms with Gasteiger partial charge < -0.3 is 9.88 Å². The second-order valence-corrected chi connectivity index (χ2v) is 4.34. The Morgan fingerprint density at radius 1 is 1.64 bits per heavy atom. The molecular formula is C11H19N3. The van der Waals surface area contributed by atoms with Crippen LogP contribution < -0.4 is 5.32 Å². The minimum Gasteiger partial charge on any atom is -0.353 e. The maximum atomic E-state index is 4.34. The van der Waals surface area contributed by atoms with Crippen LogP contribution in [0.25, 0.3) is 0 Å². The number of hydrogen-bond donors (Lipinski definition) is 1. The van der Waals surface area contributed by atoms with Gasteiger partial charge in [0.05, 0.1) is 0 Å². The average molecular weight is 193 g/mol. The van der Waals surface area contributed by atoms with Gasteiger partial charge in [-0.3, -0.25) is 0 Å². The largest absolute Gasteiger partial charge is 0.353 e. The van der Waals surface area contributed by atoms with Gasteiger partial charge in [0.25, 0.3) is 0 Å². The first kappa shape index (κ1) is 9.56. The number of anilines is 1. The van der Waals surface area contributed by atoms with E-state index in [9.17, 15) is 0 Å². The van der Waals surface area contributed by atoms with Crippen LogP contribution in [0.5, 0.6) is 0 Å². The monoisotopic (exact) mass is 193 g/mol. The summed E-state index contributed by atoms with van der Waals surface area (Å²) in [6, 6.07) is 0.688. The summed E-state index contributed by atoms with van der Waals surface area (Å²) in [6.45, 7) is 5.59. The molecule has 1 aliphatic rings. The highest BCUT2D eigenvalue weighted by molar-refractivity contribution is 5.29. The van der Waals surface area contributed by atoms with E-state index in [1.54, 1.807) is 0 Å². The summed E-state index contributed by atoms with van der Waals surface area (Å²) in [5.74, 6) is 1.77. The number of nitrogens with one attached hydrogen (secondary N) is 1. The molecule has 78 valence electrons. The molecule has 1 aromatic rings. The Kier molecular flexibility index (Phi) is 2.75. The van der Waals surface area contributed by atoms with Crippen LogP contribution in [0.3, 0.4) is 0 Å². The van der Waals surface area contributed by atoms with E-state index in [1.807, 2.05) is 6.20 Å². The van der Waals surface area contributed by atoms with Crippen LogP contribution in [0, 0.1) is 5.92 Å². The molecule has 1 aromatic heterocycles. The van der Waals surface area contributed by atoms with Gasteiger partial charge in [-0.15, -0.1) is 0 Å². The van der Waals surface area contributed by atoms with Crippen LogP contribution in [-0.2, 0) is 6.54 Å². The molecule has 14 heavy (non-hydrogen) atoms. The lowest BCUT2D eigenvalue weighted by atomic mass is 10.1. The molecule has 1 atom stereocenters. The molecule has 1 heterocycles. The predicted octanol–water partition coefficient (Wildman–Crippen LogP) is 2.50. The van der Waals surface area contributed by atoms with Crippen molar-refractivity contribution in [2.75, 3.05) is 5.32 Å². The van der Waals surface area contributed by atoms with Crippen molar-refractivity contribution in [2.24, 2.45) is 5.92 Å². The topological polar surface area (TPSA) is 29.9 Å². The number of hydrogen-bond acceptors (Lipinski definition) is 2. The minimum absolute atomic E-state index is 0.688. The Hall–Kier alpha value is -0.990. The molecule has 0 aliphatic heterocycles. The normalized spacial score (nSPS) is 18.1. The number of nitrogens with zero attached hydrogens (tertiary/aromatic N) is 2. The first-order chi connectivity index (χ1) is 6.79. The maximum Gasteiger partial charge on any atom is 0.202 e. The van der Waals surface area contributed by atoms with Crippen molar-refractivity contribution in [3.05, 3.63) is 12.4 Å². The third-order valence-electron chi connectivity index (χ3n) is 2.83. The SMILES string of the molecule is CCC(C)Cn1ccnc1NC1CC1. The number of aromatic nitrogens is 2. The molecule has 3 nitrogen and oxygen atoms in total. The zero-order valence-electron chi connectivity index (χ0n) is 9.03. The zero-order chi connectivity index (χ0) is 9.97. The summed E-state index contributed by atoms with van der Waals surface area (Å²) < 4.78 is 2.23. The Bertz CT molecular complexity index is 288. The first-order valence-electron chi connectivity index (χ1n) is 5.57. The molecule has 3 heteroatoms. The van der Waals surface area contributed by atoms with Crippen LogP contribution >= 0.6 is 0 Å². The summed E-state index contributed by atoms with van der Waals surface area (Å²) in [5.41, 5.74) is 0. The average Bonchev–Trinajstić information content (AvgIpc) is 2.89. The van der Waals surface area contributed by atoms with Crippen LogP contribution in [0.4, 0.5) is 5.95 Å². The summed E-state index contributed by atoms with van der Waals surface area (Å²) >= 11 is 0. The van der Waals surface area contributed by atoms with Gasteiger partial charge in [0.15, 0.2) is 0 Å². The van der Waals surface area contributed by atoms with Crippen LogP contribution in [-0.4, -0.2) is 15.6 Å². The first-order valence-corrected chi connectivity index (χ1v) is 5.57. The highest BCUT2D eigenvalue weighted by atomic mass is 15.2. The number of rotatable bonds is 5. The maximum absolute atomic E-state index is 4.34. The van der Waals surface area contributed by atoms with Crippen molar-refractivity contribution in [3.8, 4) is 0 Å². The predicted molar refractivity (Wildman–Crippen MR) is 58.3 cm³/mol. The smallest absolute Gasteiger partial charge is 0.202 e. The van der Waals surface area contributed by atoms with Gasteiger partial charge in [-0.1, -0.05) is 20.3 Å². The van der Waals surface area contributed by atoms with Gasteiger partial charge >= 0.3 is 0 Å². The van der Waals surface area contributed by atoms with Gasteiger partial charge in [-0.25, -0.2) is 4.98 Å². The number of imidazole rings is 1. The molecule has 1 unspecified atom stereocenters. The van der Waals surface area contributed by atoms with Crippen LogP contribution in [0.1, 0.15) is 33.1 Å². The van der Waals surface area contributed by atoms with Gasteiger partial charge in [-0.2, -0.15) is 0 Å². The Morgan fingerprint density at radius 2 is 2.43 bits per heavy atom. The molecule has 1 saturated carbocycles. The zero-order valence-corrected chi connectivity index (χ0v) is 9.03. The van der Waals surface area contributed by atoms with E-state index >= 15 is 0 Å². The standard InChI is InChI=1S/C11H19N3/c1-3-9(2)8-14-7-6-12-11(14)13-10-4-5-10/h6-7,9-10H,3-5,8H2,1-2H3,(H,12,13). The summed E-state index contributed by atoms with van der Waals surface area (Å²) in [7, 11) is 0. The fourth-order valence-electron chi connectivity index (χ4n) is 1.47. The summed E-state index contributed by atoms with van der Waals surface area (Å²) in [6.07, 6.45) is 7.78. The third-order valence-corrected chi connectivity index (χ3v) is 2.83. The van der Waals surface area contributed by atoms with Crippen molar-refractivity contribution < 1.29 is 0 Å². The molecule has 0 saturated heterocycles. The summed E-state index contributed by atoms with van der Waals surface area (Å²) in [5, 5.41) is 3.45. The quantitative estimate of drug-likeness (QED) is 0.778. The van der Waals surface area contributed by atoms with Gasteiger partial charge in [0.2, 0.25) is 5.95 Å². The summed E-state index contributed by atoms with van der Waals surface area (Å²) in [4.78, 5) is 4.34. The van der Waals surface area contributed by atoms with Crippen molar-refractivity contribution in [1.29, 1.82) is 0 Å².